The van der Waals surface area contributed by atoms with Gasteiger partial charge in [-0.05, 0) is 25.5 Å². The second-order valence-corrected chi connectivity index (χ2v) is 5.55. The highest BCUT2D eigenvalue weighted by molar-refractivity contribution is 5.95. The zero-order chi connectivity index (χ0) is 17.1. The third-order valence-corrected chi connectivity index (χ3v) is 3.84. The van der Waals surface area contributed by atoms with Crippen molar-refractivity contribution in [1.29, 1.82) is 0 Å². The molecule has 0 unspecified atom stereocenters. The Morgan fingerprint density at radius 1 is 1.17 bits per heavy atom. The van der Waals surface area contributed by atoms with Gasteiger partial charge in [-0.2, -0.15) is 9.90 Å². The molecule has 0 aliphatic carbocycles. The maximum absolute atomic E-state index is 12.8. The molecule has 1 aromatic carbocycles. The van der Waals surface area contributed by atoms with Gasteiger partial charge in [0.25, 0.3) is 5.91 Å². The standard InChI is InChI=1S/C17H19N5O2/c1-3-8-15(23)20-11-7-12-21(20)17(24)16-13(2)18-22(19-16)14-9-5-4-6-10-14/h3-6,9-10H,1,7-8,11-12H2,2H3. The largest absolute Gasteiger partial charge is 0.294 e. The fourth-order valence-electron chi connectivity index (χ4n) is 2.69. The molecular formula is C17H19N5O2. The van der Waals surface area contributed by atoms with Crippen molar-refractivity contribution < 1.29 is 9.59 Å². The molecule has 0 spiro atoms. The lowest BCUT2D eigenvalue weighted by atomic mass is 10.3. The van der Waals surface area contributed by atoms with Crippen LogP contribution in [0.25, 0.3) is 5.69 Å². The highest BCUT2D eigenvalue weighted by atomic mass is 16.2. The quantitative estimate of drug-likeness (QED) is 0.803. The van der Waals surface area contributed by atoms with E-state index in [2.05, 4.69) is 16.8 Å². The molecule has 7 nitrogen and oxygen atoms in total. The monoisotopic (exact) mass is 325 g/mol. The maximum atomic E-state index is 12.8. The molecule has 2 aromatic rings. The summed E-state index contributed by atoms with van der Waals surface area (Å²) in [6, 6.07) is 9.39. The van der Waals surface area contributed by atoms with Crippen LogP contribution in [0, 0.1) is 6.92 Å². The zero-order valence-corrected chi connectivity index (χ0v) is 13.6. The number of nitrogens with zero attached hydrogens (tertiary/aromatic N) is 5. The molecule has 1 fully saturated rings. The number of carbonyl (C=O) groups excluding carboxylic acids is 2. The summed E-state index contributed by atoms with van der Waals surface area (Å²) in [4.78, 5) is 26.4. The Morgan fingerprint density at radius 2 is 1.88 bits per heavy atom. The third-order valence-electron chi connectivity index (χ3n) is 3.84. The second-order valence-electron chi connectivity index (χ2n) is 5.55. The van der Waals surface area contributed by atoms with Gasteiger partial charge >= 0.3 is 0 Å². The molecule has 1 aliphatic heterocycles. The van der Waals surface area contributed by atoms with Gasteiger partial charge in [0.05, 0.1) is 11.4 Å². The molecule has 3 rings (SSSR count). The molecule has 1 saturated heterocycles. The first kappa shape index (κ1) is 15.9. The van der Waals surface area contributed by atoms with Crippen molar-refractivity contribution in [1.82, 2.24) is 25.0 Å². The van der Waals surface area contributed by atoms with Gasteiger partial charge in [-0.1, -0.05) is 24.3 Å². The number of rotatable bonds is 4. The normalized spacial score (nSPS) is 14.0. The van der Waals surface area contributed by atoms with Gasteiger partial charge in [0, 0.05) is 19.5 Å². The van der Waals surface area contributed by atoms with E-state index in [1.807, 2.05) is 30.3 Å². The predicted octanol–water partition coefficient (Wildman–Crippen LogP) is 1.74. The Bertz CT molecular complexity index is 769. The average molecular weight is 325 g/mol. The van der Waals surface area contributed by atoms with Crippen LogP contribution in [-0.2, 0) is 4.79 Å². The maximum Gasteiger partial charge on any atom is 0.294 e. The predicted molar refractivity (Wildman–Crippen MR) is 88.3 cm³/mol. The van der Waals surface area contributed by atoms with E-state index in [9.17, 15) is 9.59 Å². The molecule has 1 aromatic heterocycles. The Hall–Kier alpha value is -2.96. The fraction of sp³-hybridized carbons (Fsp3) is 0.294. The van der Waals surface area contributed by atoms with E-state index in [0.717, 1.165) is 12.1 Å². The summed E-state index contributed by atoms with van der Waals surface area (Å²) in [6.45, 7) is 6.35. The lowest BCUT2D eigenvalue weighted by Crippen LogP contribution is -2.45. The summed E-state index contributed by atoms with van der Waals surface area (Å²) in [6.07, 6.45) is 2.50. The van der Waals surface area contributed by atoms with Gasteiger partial charge in [0.15, 0.2) is 5.69 Å². The molecule has 0 saturated carbocycles. The van der Waals surface area contributed by atoms with Crippen LogP contribution in [0.15, 0.2) is 43.0 Å². The molecule has 0 N–H and O–H groups in total. The number of amides is 2. The van der Waals surface area contributed by atoms with Crippen molar-refractivity contribution in [2.75, 3.05) is 13.1 Å². The van der Waals surface area contributed by atoms with E-state index in [1.165, 1.54) is 14.8 Å². The lowest BCUT2D eigenvalue weighted by Gasteiger charge is -2.26. The van der Waals surface area contributed by atoms with Crippen LogP contribution in [0.2, 0.25) is 0 Å². The average Bonchev–Trinajstić information content (AvgIpc) is 3.22. The molecule has 7 heteroatoms. The molecule has 2 amide bonds. The summed E-state index contributed by atoms with van der Waals surface area (Å²) >= 11 is 0. The summed E-state index contributed by atoms with van der Waals surface area (Å²) in [5.41, 5.74) is 1.57. The van der Waals surface area contributed by atoms with E-state index in [4.69, 9.17) is 0 Å². The van der Waals surface area contributed by atoms with Crippen LogP contribution in [0.1, 0.15) is 29.0 Å². The fourth-order valence-corrected chi connectivity index (χ4v) is 2.69. The Kier molecular flexibility index (Phi) is 4.41. The highest BCUT2D eigenvalue weighted by Gasteiger charge is 2.33. The first-order valence-electron chi connectivity index (χ1n) is 7.84. The van der Waals surface area contributed by atoms with Gasteiger partial charge in [-0.25, -0.2) is 5.01 Å². The minimum absolute atomic E-state index is 0.135. The number of aryl methyl sites for hydroxylation is 1. The Balaban J connectivity index is 1.86. The number of benzene rings is 1. The number of carbonyl (C=O) groups is 2. The summed E-state index contributed by atoms with van der Waals surface area (Å²) in [7, 11) is 0. The van der Waals surface area contributed by atoms with E-state index < -0.39 is 0 Å². The van der Waals surface area contributed by atoms with E-state index in [-0.39, 0.29) is 23.9 Å². The molecule has 24 heavy (non-hydrogen) atoms. The van der Waals surface area contributed by atoms with Crippen molar-refractivity contribution in [3.8, 4) is 5.69 Å². The van der Waals surface area contributed by atoms with E-state index >= 15 is 0 Å². The first-order chi connectivity index (χ1) is 11.6. The van der Waals surface area contributed by atoms with Gasteiger partial charge in [0.2, 0.25) is 5.91 Å². The second kappa shape index (κ2) is 6.66. The first-order valence-corrected chi connectivity index (χ1v) is 7.84. The SMILES string of the molecule is C=CCC(=O)N1CCCN1C(=O)c1nn(-c2ccccc2)nc1C. The van der Waals surface area contributed by atoms with Crippen LogP contribution < -0.4 is 0 Å². The number of aromatic nitrogens is 3. The van der Waals surface area contributed by atoms with Crippen molar-refractivity contribution in [3.05, 3.63) is 54.4 Å². The van der Waals surface area contributed by atoms with Crippen molar-refractivity contribution in [2.24, 2.45) is 0 Å². The van der Waals surface area contributed by atoms with Crippen molar-refractivity contribution in [3.63, 3.8) is 0 Å². The Morgan fingerprint density at radius 3 is 2.58 bits per heavy atom. The number of hydrogen-bond acceptors (Lipinski definition) is 4. The van der Waals surface area contributed by atoms with Crippen LogP contribution in [-0.4, -0.2) is 49.9 Å². The zero-order valence-electron chi connectivity index (χ0n) is 13.6. The lowest BCUT2D eigenvalue weighted by molar-refractivity contribution is -0.139. The van der Waals surface area contributed by atoms with Gasteiger partial charge < -0.3 is 0 Å². The molecule has 2 heterocycles. The minimum Gasteiger partial charge on any atom is -0.273 e. The number of para-hydroxylation sites is 1. The van der Waals surface area contributed by atoms with Crippen molar-refractivity contribution >= 4 is 11.8 Å². The third kappa shape index (κ3) is 2.92. The van der Waals surface area contributed by atoms with Crippen LogP contribution in [0.3, 0.4) is 0 Å². The minimum atomic E-state index is -0.301. The molecule has 1 aliphatic rings. The molecule has 0 radical (unpaired) electrons. The summed E-state index contributed by atoms with van der Waals surface area (Å²) in [5, 5.41) is 11.6. The summed E-state index contributed by atoms with van der Waals surface area (Å²) in [5.74, 6) is -0.437. The topological polar surface area (TPSA) is 71.3 Å². The molecule has 0 bridgehead atoms. The van der Waals surface area contributed by atoms with E-state index in [0.29, 0.717) is 18.8 Å². The van der Waals surface area contributed by atoms with Crippen LogP contribution >= 0.6 is 0 Å². The van der Waals surface area contributed by atoms with Gasteiger partial charge in [-0.15, -0.1) is 11.7 Å². The number of hydrazine groups is 1. The highest BCUT2D eigenvalue weighted by Crippen LogP contribution is 2.17. The smallest absolute Gasteiger partial charge is 0.273 e. The number of hydrogen-bond donors (Lipinski definition) is 0. The van der Waals surface area contributed by atoms with E-state index in [1.54, 1.807) is 13.0 Å². The molecular weight excluding hydrogens is 306 g/mol. The van der Waals surface area contributed by atoms with Crippen LogP contribution in [0.4, 0.5) is 0 Å². The van der Waals surface area contributed by atoms with Gasteiger partial charge in [-0.3, -0.25) is 14.6 Å². The summed E-state index contributed by atoms with van der Waals surface area (Å²) < 4.78 is 0. The van der Waals surface area contributed by atoms with Gasteiger partial charge in [0.1, 0.15) is 0 Å². The van der Waals surface area contributed by atoms with Crippen molar-refractivity contribution in [2.45, 2.75) is 19.8 Å². The van der Waals surface area contributed by atoms with Crippen LogP contribution in [0.5, 0.6) is 0 Å². The molecule has 124 valence electrons. The Labute approximate surface area is 140 Å². The molecule has 0 atom stereocenters.